The summed E-state index contributed by atoms with van der Waals surface area (Å²) in [6.07, 6.45) is 9.98. The number of pyridine rings is 1. The van der Waals surface area contributed by atoms with Crippen molar-refractivity contribution < 1.29 is 14.7 Å². The number of hydrogen-bond donors (Lipinski definition) is 1. The molecule has 1 aromatic rings. The first-order valence-electron chi connectivity index (χ1n) is 9.01. The fourth-order valence-corrected chi connectivity index (χ4v) is 4.33. The number of carboxylic acids is 1. The van der Waals surface area contributed by atoms with Crippen molar-refractivity contribution in [2.75, 3.05) is 13.1 Å². The maximum Gasteiger partial charge on any atom is 0.337 e. The maximum atomic E-state index is 12.8. The quantitative estimate of drug-likeness (QED) is 0.898. The van der Waals surface area contributed by atoms with E-state index in [2.05, 4.69) is 4.98 Å². The molecule has 5 heteroatoms. The molecular weight excluding hydrogens is 304 g/mol. The van der Waals surface area contributed by atoms with Gasteiger partial charge in [0.25, 0.3) is 5.91 Å². The summed E-state index contributed by atoms with van der Waals surface area (Å²) in [6.45, 7) is 3.21. The normalized spacial score (nSPS) is 20.6. The molecule has 1 aromatic heterocycles. The first kappa shape index (κ1) is 16.9. The zero-order chi connectivity index (χ0) is 17.2. The van der Waals surface area contributed by atoms with Gasteiger partial charge in [0.1, 0.15) is 5.69 Å². The Morgan fingerprint density at radius 1 is 1.04 bits per heavy atom. The highest BCUT2D eigenvalue weighted by Gasteiger charge is 2.35. The lowest BCUT2D eigenvalue weighted by atomic mass is 9.69. The van der Waals surface area contributed by atoms with Gasteiger partial charge in [-0.25, -0.2) is 9.78 Å². The van der Waals surface area contributed by atoms with Crippen LogP contribution in [0.2, 0.25) is 0 Å². The summed E-state index contributed by atoms with van der Waals surface area (Å²) < 4.78 is 0. The molecule has 5 nitrogen and oxygen atoms in total. The fourth-order valence-electron chi connectivity index (χ4n) is 4.33. The van der Waals surface area contributed by atoms with Gasteiger partial charge >= 0.3 is 5.97 Å². The van der Waals surface area contributed by atoms with Crippen molar-refractivity contribution in [1.82, 2.24) is 9.88 Å². The van der Waals surface area contributed by atoms with E-state index in [0.717, 1.165) is 25.9 Å². The van der Waals surface area contributed by atoms with Gasteiger partial charge in [-0.05, 0) is 56.6 Å². The molecule has 24 heavy (non-hydrogen) atoms. The molecule has 1 aliphatic heterocycles. The Morgan fingerprint density at radius 3 is 2.42 bits per heavy atom. The number of rotatable bonds is 2. The molecule has 3 rings (SSSR count). The highest BCUT2D eigenvalue weighted by Crippen LogP contribution is 2.44. The molecule has 2 aliphatic rings. The predicted molar refractivity (Wildman–Crippen MR) is 91.2 cm³/mol. The Bertz CT molecular complexity index is 635. The van der Waals surface area contributed by atoms with E-state index in [1.807, 2.05) is 4.90 Å². The Kier molecular flexibility index (Phi) is 4.88. The van der Waals surface area contributed by atoms with Gasteiger partial charge in [-0.2, -0.15) is 0 Å². The summed E-state index contributed by atoms with van der Waals surface area (Å²) in [5, 5.41) is 9.09. The van der Waals surface area contributed by atoms with E-state index in [1.54, 1.807) is 13.0 Å². The summed E-state index contributed by atoms with van der Waals surface area (Å²) in [7, 11) is 0. The third-order valence-electron chi connectivity index (χ3n) is 5.78. The molecule has 0 unspecified atom stereocenters. The fraction of sp³-hybridized carbons (Fsp3) is 0.632. The van der Waals surface area contributed by atoms with Crippen LogP contribution in [0, 0.1) is 12.3 Å². The van der Waals surface area contributed by atoms with Crippen LogP contribution in [0.4, 0.5) is 0 Å². The SMILES string of the molecule is Cc1nc(C(=O)N2CCCC3(CCCCC3)CC2)ccc1C(=O)O. The minimum atomic E-state index is -1.01. The predicted octanol–water partition coefficient (Wildman–Crippen LogP) is 3.66. The van der Waals surface area contributed by atoms with Crippen molar-refractivity contribution in [2.24, 2.45) is 5.41 Å². The summed E-state index contributed by atoms with van der Waals surface area (Å²) in [5.41, 5.74) is 1.36. The van der Waals surface area contributed by atoms with Crippen LogP contribution in [0.1, 0.15) is 77.9 Å². The second kappa shape index (κ2) is 6.91. The van der Waals surface area contributed by atoms with Crippen LogP contribution in [-0.4, -0.2) is 40.0 Å². The molecule has 0 bridgehead atoms. The summed E-state index contributed by atoms with van der Waals surface area (Å²) in [6, 6.07) is 3.03. The van der Waals surface area contributed by atoms with Gasteiger partial charge in [0.2, 0.25) is 0 Å². The smallest absolute Gasteiger partial charge is 0.337 e. The zero-order valence-corrected chi connectivity index (χ0v) is 14.4. The van der Waals surface area contributed by atoms with E-state index in [0.29, 0.717) is 16.8 Å². The van der Waals surface area contributed by atoms with Crippen LogP contribution in [0.3, 0.4) is 0 Å². The molecule has 2 heterocycles. The maximum absolute atomic E-state index is 12.8. The van der Waals surface area contributed by atoms with Crippen molar-refractivity contribution in [2.45, 2.75) is 58.3 Å². The van der Waals surface area contributed by atoms with E-state index in [1.165, 1.54) is 44.6 Å². The topological polar surface area (TPSA) is 70.5 Å². The van der Waals surface area contributed by atoms with Gasteiger partial charge in [0, 0.05) is 13.1 Å². The number of carboxylic acid groups (broad SMARTS) is 1. The second-order valence-corrected chi connectivity index (χ2v) is 7.34. The number of aromatic carboxylic acids is 1. The van der Waals surface area contributed by atoms with Gasteiger partial charge in [0.15, 0.2) is 0 Å². The molecule has 0 radical (unpaired) electrons. The number of amides is 1. The van der Waals surface area contributed by atoms with E-state index < -0.39 is 5.97 Å². The Labute approximate surface area is 143 Å². The number of aromatic nitrogens is 1. The number of nitrogens with zero attached hydrogens (tertiary/aromatic N) is 2. The number of hydrogen-bond acceptors (Lipinski definition) is 3. The zero-order valence-electron chi connectivity index (χ0n) is 14.4. The largest absolute Gasteiger partial charge is 0.478 e. The van der Waals surface area contributed by atoms with E-state index >= 15 is 0 Å². The molecule has 2 fully saturated rings. The molecular formula is C19H26N2O3. The highest BCUT2D eigenvalue weighted by molar-refractivity contribution is 5.94. The standard InChI is InChI=1S/C19H26N2O3/c1-14-15(18(23)24)6-7-16(20-14)17(22)21-12-5-10-19(11-13-21)8-3-2-4-9-19/h6-7H,2-5,8-13H2,1H3,(H,23,24). The van der Waals surface area contributed by atoms with Gasteiger partial charge in [-0.1, -0.05) is 19.3 Å². The first-order valence-corrected chi connectivity index (χ1v) is 9.01. The molecule has 1 spiro atoms. The lowest BCUT2D eigenvalue weighted by Crippen LogP contribution is -2.34. The van der Waals surface area contributed by atoms with E-state index in [4.69, 9.17) is 5.11 Å². The molecule has 1 aliphatic carbocycles. The molecule has 1 N–H and O–H groups in total. The van der Waals surface area contributed by atoms with Crippen molar-refractivity contribution in [3.8, 4) is 0 Å². The molecule has 130 valence electrons. The summed E-state index contributed by atoms with van der Waals surface area (Å²) in [4.78, 5) is 30.0. The van der Waals surface area contributed by atoms with Crippen LogP contribution in [-0.2, 0) is 0 Å². The van der Waals surface area contributed by atoms with E-state index in [-0.39, 0.29) is 11.5 Å². The van der Waals surface area contributed by atoms with Crippen LogP contribution in [0.5, 0.6) is 0 Å². The van der Waals surface area contributed by atoms with Crippen LogP contribution >= 0.6 is 0 Å². The minimum absolute atomic E-state index is 0.0668. The van der Waals surface area contributed by atoms with Crippen molar-refractivity contribution in [3.05, 3.63) is 29.1 Å². The van der Waals surface area contributed by atoms with Crippen LogP contribution < -0.4 is 0 Å². The molecule has 0 aromatic carbocycles. The average Bonchev–Trinajstić information content (AvgIpc) is 2.77. The number of likely N-dealkylation sites (tertiary alicyclic amines) is 1. The average molecular weight is 330 g/mol. The monoisotopic (exact) mass is 330 g/mol. The molecule has 1 saturated carbocycles. The molecule has 0 atom stereocenters. The van der Waals surface area contributed by atoms with Crippen molar-refractivity contribution >= 4 is 11.9 Å². The minimum Gasteiger partial charge on any atom is -0.478 e. The Morgan fingerprint density at radius 2 is 1.75 bits per heavy atom. The second-order valence-electron chi connectivity index (χ2n) is 7.34. The first-order chi connectivity index (χ1) is 11.5. The van der Waals surface area contributed by atoms with Gasteiger partial charge in [0.05, 0.1) is 11.3 Å². The Hall–Kier alpha value is -1.91. The van der Waals surface area contributed by atoms with Crippen molar-refractivity contribution in [1.29, 1.82) is 0 Å². The van der Waals surface area contributed by atoms with E-state index in [9.17, 15) is 9.59 Å². The summed E-state index contributed by atoms with van der Waals surface area (Å²) in [5.74, 6) is -1.07. The van der Waals surface area contributed by atoms with Crippen molar-refractivity contribution in [3.63, 3.8) is 0 Å². The number of carbonyl (C=O) groups excluding carboxylic acids is 1. The number of aryl methyl sites for hydroxylation is 1. The van der Waals surface area contributed by atoms with Crippen LogP contribution in [0.15, 0.2) is 12.1 Å². The lowest BCUT2D eigenvalue weighted by Gasteiger charge is -2.36. The van der Waals surface area contributed by atoms with Gasteiger partial charge < -0.3 is 10.0 Å². The highest BCUT2D eigenvalue weighted by atomic mass is 16.4. The van der Waals surface area contributed by atoms with Gasteiger partial charge in [-0.3, -0.25) is 4.79 Å². The summed E-state index contributed by atoms with van der Waals surface area (Å²) >= 11 is 0. The van der Waals surface area contributed by atoms with Gasteiger partial charge in [-0.15, -0.1) is 0 Å². The molecule has 1 amide bonds. The lowest BCUT2D eigenvalue weighted by molar-refractivity contribution is 0.0690. The number of carbonyl (C=O) groups is 2. The van der Waals surface area contributed by atoms with Crippen LogP contribution in [0.25, 0.3) is 0 Å². The molecule has 1 saturated heterocycles. The third-order valence-corrected chi connectivity index (χ3v) is 5.78. The third kappa shape index (κ3) is 3.45. The Balaban J connectivity index is 1.71.